The molecule has 0 unspecified atom stereocenters. The summed E-state index contributed by atoms with van der Waals surface area (Å²) in [6, 6.07) is 15.0. The average Bonchev–Trinajstić information content (AvgIpc) is 2.84. The Balaban J connectivity index is 1.82. The fourth-order valence-electron chi connectivity index (χ4n) is 4.24. The topological polar surface area (TPSA) is 79.2 Å². The summed E-state index contributed by atoms with van der Waals surface area (Å²) >= 11 is 0. The van der Waals surface area contributed by atoms with Crippen molar-refractivity contribution in [2.24, 2.45) is 0 Å². The van der Waals surface area contributed by atoms with Crippen LogP contribution in [0.25, 0.3) is 11.3 Å². The van der Waals surface area contributed by atoms with Crippen LogP contribution in [0.4, 0.5) is 0 Å². The van der Waals surface area contributed by atoms with Gasteiger partial charge < -0.3 is 18.9 Å². The highest BCUT2D eigenvalue weighted by molar-refractivity contribution is 5.90. The molecule has 8 nitrogen and oxygen atoms in total. The molecule has 0 atom stereocenters. The molecule has 8 heteroatoms. The first-order chi connectivity index (χ1) is 18.3. The van der Waals surface area contributed by atoms with Crippen LogP contribution in [0.1, 0.15) is 63.0 Å². The Morgan fingerprint density at radius 1 is 0.949 bits per heavy atom. The summed E-state index contributed by atoms with van der Waals surface area (Å²) in [4.78, 5) is 26.1. The molecule has 2 aromatic carbocycles. The third-order valence-electron chi connectivity index (χ3n) is 5.84. The molecule has 0 saturated carbocycles. The molecule has 39 heavy (non-hydrogen) atoms. The third-order valence-corrected chi connectivity index (χ3v) is 5.84. The summed E-state index contributed by atoms with van der Waals surface area (Å²) in [7, 11) is 1.57. The molecule has 0 aliphatic carbocycles. The van der Waals surface area contributed by atoms with Gasteiger partial charge in [-0.15, -0.1) is 0 Å². The highest BCUT2D eigenvalue weighted by Gasteiger charge is 2.30. The number of esters is 1. The fourth-order valence-corrected chi connectivity index (χ4v) is 4.24. The van der Waals surface area contributed by atoms with E-state index in [2.05, 4.69) is 6.58 Å². The number of nitrogens with zero attached hydrogens (tertiary/aromatic N) is 2. The van der Waals surface area contributed by atoms with Crippen molar-refractivity contribution in [3.8, 4) is 22.8 Å². The molecule has 0 N–H and O–H groups in total. The molecule has 0 amide bonds. The molecule has 0 saturated heterocycles. The summed E-state index contributed by atoms with van der Waals surface area (Å²) in [5.41, 5.74) is 1.42. The van der Waals surface area contributed by atoms with E-state index in [1.165, 1.54) is 12.3 Å². The molecule has 3 aromatic rings. The smallest absolute Gasteiger partial charge is 0.344 e. The van der Waals surface area contributed by atoms with Crippen molar-refractivity contribution >= 4 is 5.97 Å². The SMILES string of the molecule is C=C(OC(C)(C)C)N1Cc2cc(OCc3ccccc3)c(OC)cc2-c2cc(=O)c(C(=O)OC(C)(C)C)cn21. The zero-order chi connectivity index (χ0) is 28.5. The van der Waals surface area contributed by atoms with Gasteiger partial charge in [-0.3, -0.25) is 9.47 Å². The molecular weight excluding hydrogens is 496 g/mol. The lowest BCUT2D eigenvalue weighted by molar-refractivity contribution is 0.00660. The standard InChI is InChI=1S/C31H36N2O6/c1-20(38-30(2,3)4)32-17-22-14-28(37-19-21-12-10-9-11-13-21)27(36-8)15-23(22)25-16-26(34)24(18-33(25)32)29(35)39-31(5,6)7/h9-16,18H,1,17,19H2,2-8H3. The molecule has 1 aromatic heterocycles. The van der Waals surface area contributed by atoms with Crippen molar-refractivity contribution in [2.45, 2.75) is 65.9 Å². The van der Waals surface area contributed by atoms with E-state index in [0.29, 0.717) is 36.2 Å². The summed E-state index contributed by atoms with van der Waals surface area (Å²) in [5, 5.41) is 1.78. The van der Waals surface area contributed by atoms with Crippen LogP contribution < -0.4 is 19.9 Å². The minimum atomic E-state index is -0.751. The van der Waals surface area contributed by atoms with Crippen molar-refractivity contribution in [1.29, 1.82) is 0 Å². The second-order valence-electron chi connectivity index (χ2n) is 11.4. The molecule has 0 radical (unpaired) electrons. The van der Waals surface area contributed by atoms with E-state index in [1.807, 2.05) is 63.2 Å². The van der Waals surface area contributed by atoms with Crippen LogP contribution in [0.5, 0.6) is 11.5 Å². The van der Waals surface area contributed by atoms with E-state index in [-0.39, 0.29) is 5.56 Å². The predicted octanol–water partition coefficient (Wildman–Crippen LogP) is 5.80. The van der Waals surface area contributed by atoms with Crippen molar-refractivity contribution in [3.05, 3.63) is 94.1 Å². The van der Waals surface area contributed by atoms with Crippen LogP contribution >= 0.6 is 0 Å². The first-order valence-electron chi connectivity index (χ1n) is 12.8. The number of fused-ring (bicyclic) bond motifs is 3. The lowest BCUT2D eigenvalue weighted by Crippen LogP contribution is -2.41. The van der Waals surface area contributed by atoms with Gasteiger partial charge in [0.05, 0.1) is 19.3 Å². The predicted molar refractivity (Wildman–Crippen MR) is 151 cm³/mol. The number of aromatic nitrogens is 1. The van der Waals surface area contributed by atoms with Crippen LogP contribution in [0.3, 0.4) is 0 Å². The highest BCUT2D eigenvalue weighted by atomic mass is 16.6. The second-order valence-corrected chi connectivity index (χ2v) is 11.4. The molecule has 1 aliphatic rings. The Kier molecular flexibility index (Phi) is 7.50. The fraction of sp³-hybridized carbons (Fsp3) is 0.355. The van der Waals surface area contributed by atoms with Gasteiger partial charge in [0.2, 0.25) is 5.88 Å². The van der Waals surface area contributed by atoms with Crippen molar-refractivity contribution in [3.63, 3.8) is 0 Å². The van der Waals surface area contributed by atoms with Crippen LogP contribution in [-0.4, -0.2) is 29.0 Å². The number of benzene rings is 2. The van der Waals surface area contributed by atoms with Crippen molar-refractivity contribution < 1.29 is 23.7 Å². The Morgan fingerprint density at radius 3 is 2.23 bits per heavy atom. The summed E-state index contributed by atoms with van der Waals surface area (Å²) < 4.78 is 25.1. The van der Waals surface area contributed by atoms with Gasteiger partial charge in [0, 0.05) is 17.8 Å². The summed E-state index contributed by atoms with van der Waals surface area (Å²) in [6.45, 7) is 15.9. The molecule has 0 spiro atoms. The third kappa shape index (κ3) is 6.45. The minimum Gasteiger partial charge on any atom is -0.493 e. The highest BCUT2D eigenvalue weighted by Crippen LogP contribution is 2.40. The molecule has 1 aliphatic heterocycles. The van der Waals surface area contributed by atoms with Crippen molar-refractivity contribution in [1.82, 2.24) is 4.68 Å². The number of pyridine rings is 1. The van der Waals surface area contributed by atoms with Gasteiger partial charge in [0.25, 0.3) is 0 Å². The minimum absolute atomic E-state index is 0.0829. The zero-order valence-electron chi connectivity index (χ0n) is 23.7. The Morgan fingerprint density at radius 2 is 1.62 bits per heavy atom. The zero-order valence-corrected chi connectivity index (χ0v) is 23.7. The first-order valence-corrected chi connectivity index (χ1v) is 12.8. The molecule has 206 valence electrons. The maximum absolute atomic E-state index is 13.2. The summed E-state index contributed by atoms with van der Waals surface area (Å²) in [6.07, 6.45) is 1.48. The number of hydrogen-bond acceptors (Lipinski definition) is 7. The largest absolute Gasteiger partial charge is 0.493 e. The van der Waals surface area contributed by atoms with E-state index in [0.717, 1.165) is 16.7 Å². The number of hydrogen-bond donors (Lipinski definition) is 0. The van der Waals surface area contributed by atoms with Gasteiger partial charge in [-0.1, -0.05) is 30.3 Å². The quantitative estimate of drug-likeness (QED) is 0.281. The van der Waals surface area contributed by atoms with Crippen LogP contribution in [0.2, 0.25) is 0 Å². The molecule has 0 fully saturated rings. The van der Waals surface area contributed by atoms with Crippen LogP contribution in [0.15, 0.2) is 72.0 Å². The second kappa shape index (κ2) is 10.5. The molecular formula is C31H36N2O6. The van der Waals surface area contributed by atoms with Gasteiger partial charge in [-0.05, 0) is 71.4 Å². The van der Waals surface area contributed by atoms with E-state index >= 15 is 0 Å². The Hall–Kier alpha value is -4.20. The van der Waals surface area contributed by atoms with E-state index in [4.69, 9.17) is 18.9 Å². The van der Waals surface area contributed by atoms with Gasteiger partial charge in [-0.25, -0.2) is 9.80 Å². The lowest BCUT2D eigenvalue weighted by atomic mass is 9.99. The van der Waals surface area contributed by atoms with Gasteiger partial charge in [-0.2, -0.15) is 0 Å². The molecule has 2 heterocycles. The molecule has 4 rings (SSSR count). The van der Waals surface area contributed by atoms with Gasteiger partial charge in [0.15, 0.2) is 16.9 Å². The van der Waals surface area contributed by atoms with Gasteiger partial charge >= 0.3 is 5.97 Å². The maximum Gasteiger partial charge on any atom is 0.344 e. The van der Waals surface area contributed by atoms with Crippen LogP contribution in [-0.2, 0) is 22.6 Å². The summed E-state index contributed by atoms with van der Waals surface area (Å²) in [5.74, 6) is 0.760. The Labute approximate surface area is 229 Å². The lowest BCUT2D eigenvalue weighted by Gasteiger charge is -2.38. The monoisotopic (exact) mass is 532 g/mol. The number of ether oxygens (including phenoxy) is 4. The maximum atomic E-state index is 13.2. The van der Waals surface area contributed by atoms with Crippen LogP contribution in [0, 0.1) is 0 Å². The number of rotatable bonds is 7. The number of carbonyl (C=O) groups is 1. The van der Waals surface area contributed by atoms with E-state index in [9.17, 15) is 9.59 Å². The van der Waals surface area contributed by atoms with Gasteiger partial charge in [0.1, 0.15) is 23.4 Å². The first kappa shape index (κ1) is 27.8. The average molecular weight is 533 g/mol. The van der Waals surface area contributed by atoms with Crippen molar-refractivity contribution in [2.75, 3.05) is 12.1 Å². The normalized spacial score (nSPS) is 12.7. The number of methoxy groups -OCH3 is 1. The molecule has 0 bridgehead atoms. The Bertz CT molecular complexity index is 1440. The van der Waals surface area contributed by atoms with E-state index < -0.39 is 22.6 Å². The van der Waals surface area contributed by atoms with E-state index in [1.54, 1.807) is 37.6 Å². The number of carbonyl (C=O) groups excluding carboxylic acids is 1.